The molecular formula is C7H14N. The lowest BCUT2D eigenvalue weighted by Gasteiger charge is -2.05. The summed E-state index contributed by atoms with van der Waals surface area (Å²) in [6.45, 7) is 5.04. The Morgan fingerprint density at radius 1 is 1.62 bits per heavy atom. The van der Waals surface area contributed by atoms with E-state index in [-0.39, 0.29) is 0 Å². The molecule has 1 aliphatic rings. The van der Waals surface area contributed by atoms with Crippen LogP contribution in [-0.4, -0.2) is 12.6 Å². The first-order valence-electron chi connectivity index (χ1n) is 3.46. The van der Waals surface area contributed by atoms with Crippen molar-refractivity contribution in [3.63, 3.8) is 0 Å². The van der Waals surface area contributed by atoms with Gasteiger partial charge in [-0.3, -0.25) is 0 Å². The van der Waals surface area contributed by atoms with E-state index in [4.69, 9.17) is 0 Å². The van der Waals surface area contributed by atoms with E-state index in [0.717, 1.165) is 12.5 Å². The molecule has 1 aliphatic heterocycles. The Labute approximate surface area is 51.5 Å². The van der Waals surface area contributed by atoms with Crippen LogP contribution < -0.4 is 5.32 Å². The summed E-state index contributed by atoms with van der Waals surface area (Å²) in [6, 6.07) is 0.799. The summed E-state index contributed by atoms with van der Waals surface area (Å²) in [5, 5.41) is 3.42. The topological polar surface area (TPSA) is 12.0 Å². The van der Waals surface area contributed by atoms with E-state index in [2.05, 4.69) is 12.2 Å². The molecule has 0 aromatic heterocycles. The normalized spacial score (nSPS) is 28.9. The molecule has 0 bridgehead atoms. The molecule has 1 heteroatoms. The van der Waals surface area contributed by atoms with E-state index in [1.807, 2.05) is 0 Å². The SMILES string of the molecule is [CH2]CCC1CCCN1. The van der Waals surface area contributed by atoms with Crippen molar-refractivity contribution in [2.45, 2.75) is 31.7 Å². The van der Waals surface area contributed by atoms with Gasteiger partial charge < -0.3 is 5.32 Å². The fraction of sp³-hybridized carbons (Fsp3) is 0.857. The quantitative estimate of drug-likeness (QED) is 0.568. The fourth-order valence-corrected chi connectivity index (χ4v) is 1.25. The lowest BCUT2D eigenvalue weighted by molar-refractivity contribution is 0.564. The predicted molar refractivity (Wildman–Crippen MR) is 35.6 cm³/mol. The average Bonchev–Trinajstić information content (AvgIpc) is 2.19. The van der Waals surface area contributed by atoms with E-state index in [1.165, 1.54) is 25.8 Å². The van der Waals surface area contributed by atoms with Crippen LogP contribution in [0, 0.1) is 6.92 Å². The molecule has 0 aromatic carbocycles. The lowest BCUT2D eigenvalue weighted by atomic mass is 10.1. The van der Waals surface area contributed by atoms with Crippen LogP contribution in [0.5, 0.6) is 0 Å². The number of nitrogens with one attached hydrogen (secondary N) is 1. The van der Waals surface area contributed by atoms with Gasteiger partial charge in [-0.2, -0.15) is 0 Å². The largest absolute Gasteiger partial charge is 0.314 e. The number of hydrogen-bond acceptors (Lipinski definition) is 1. The van der Waals surface area contributed by atoms with Crippen LogP contribution >= 0.6 is 0 Å². The molecule has 0 saturated carbocycles. The molecule has 1 unspecified atom stereocenters. The van der Waals surface area contributed by atoms with Crippen molar-refractivity contribution >= 4 is 0 Å². The summed E-state index contributed by atoms with van der Waals surface area (Å²) in [5.74, 6) is 0. The Morgan fingerprint density at radius 3 is 3.00 bits per heavy atom. The number of rotatable bonds is 2. The third-order valence-corrected chi connectivity index (χ3v) is 1.71. The first-order valence-corrected chi connectivity index (χ1v) is 3.46. The van der Waals surface area contributed by atoms with Crippen LogP contribution in [0.1, 0.15) is 25.7 Å². The first-order chi connectivity index (χ1) is 3.93. The maximum absolute atomic E-state index is 3.81. The summed E-state index contributed by atoms with van der Waals surface area (Å²) >= 11 is 0. The van der Waals surface area contributed by atoms with Crippen molar-refractivity contribution in [1.29, 1.82) is 0 Å². The Hall–Kier alpha value is -0.0400. The van der Waals surface area contributed by atoms with Crippen LogP contribution in [0.25, 0.3) is 0 Å². The van der Waals surface area contributed by atoms with Gasteiger partial charge in [-0.1, -0.05) is 13.3 Å². The monoisotopic (exact) mass is 112 g/mol. The summed E-state index contributed by atoms with van der Waals surface area (Å²) in [5.41, 5.74) is 0. The molecule has 1 N–H and O–H groups in total. The van der Waals surface area contributed by atoms with E-state index < -0.39 is 0 Å². The van der Waals surface area contributed by atoms with Gasteiger partial charge in [0.2, 0.25) is 0 Å². The highest BCUT2D eigenvalue weighted by atomic mass is 14.9. The van der Waals surface area contributed by atoms with Crippen molar-refractivity contribution in [1.82, 2.24) is 5.32 Å². The lowest BCUT2D eigenvalue weighted by Crippen LogP contribution is -2.20. The molecule has 47 valence electrons. The van der Waals surface area contributed by atoms with Crippen molar-refractivity contribution in [2.75, 3.05) is 6.54 Å². The van der Waals surface area contributed by atoms with Crippen LogP contribution in [0.4, 0.5) is 0 Å². The van der Waals surface area contributed by atoms with Crippen LogP contribution in [0.15, 0.2) is 0 Å². The van der Waals surface area contributed by atoms with Gasteiger partial charge in [0.1, 0.15) is 0 Å². The second-order valence-corrected chi connectivity index (χ2v) is 2.44. The van der Waals surface area contributed by atoms with Crippen molar-refractivity contribution < 1.29 is 0 Å². The molecule has 1 radical (unpaired) electrons. The fourth-order valence-electron chi connectivity index (χ4n) is 1.25. The number of hydrogen-bond donors (Lipinski definition) is 1. The molecule has 0 aromatic rings. The second-order valence-electron chi connectivity index (χ2n) is 2.44. The molecule has 1 saturated heterocycles. The predicted octanol–water partition coefficient (Wildman–Crippen LogP) is 1.35. The summed E-state index contributed by atoms with van der Waals surface area (Å²) in [4.78, 5) is 0. The smallest absolute Gasteiger partial charge is 0.00675 e. The van der Waals surface area contributed by atoms with Crippen LogP contribution in [-0.2, 0) is 0 Å². The van der Waals surface area contributed by atoms with Crippen LogP contribution in [0.3, 0.4) is 0 Å². The van der Waals surface area contributed by atoms with Crippen molar-refractivity contribution in [2.24, 2.45) is 0 Å². The minimum Gasteiger partial charge on any atom is -0.314 e. The van der Waals surface area contributed by atoms with Gasteiger partial charge in [0, 0.05) is 6.04 Å². The van der Waals surface area contributed by atoms with Crippen molar-refractivity contribution in [3.05, 3.63) is 6.92 Å². The maximum Gasteiger partial charge on any atom is 0.00675 e. The first kappa shape index (κ1) is 6.09. The highest BCUT2D eigenvalue weighted by molar-refractivity contribution is 4.73. The third kappa shape index (κ3) is 1.48. The molecule has 1 rings (SSSR count). The minimum absolute atomic E-state index is 0.799. The van der Waals surface area contributed by atoms with Gasteiger partial charge >= 0.3 is 0 Å². The summed E-state index contributed by atoms with van der Waals surface area (Å²) in [7, 11) is 0. The van der Waals surface area contributed by atoms with E-state index in [0.29, 0.717) is 0 Å². The van der Waals surface area contributed by atoms with E-state index in [1.54, 1.807) is 0 Å². The Kier molecular flexibility index (Phi) is 2.34. The molecule has 1 nitrogen and oxygen atoms in total. The van der Waals surface area contributed by atoms with E-state index >= 15 is 0 Å². The van der Waals surface area contributed by atoms with Crippen molar-refractivity contribution in [3.8, 4) is 0 Å². The molecule has 1 heterocycles. The standard InChI is InChI=1S/C7H14N/c1-2-4-7-5-3-6-8-7/h7-8H,1-6H2. The minimum atomic E-state index is 0.799. The highest BCUT2D eigenvalue weighted by Gasteiger charge is 2.11. The highest BCUT2D eigenvalue weighted by Crippen LogP contribution is 2.09. The maximum atomic E-state index is 3.81. The average molecular weight is 112 g/mol. The van der Waals surface area contributed by atoms with Gasteiger partial charge in [0.05, 0.1) is 0 Å². The summed E-state index contributed by atoms with van der Waals surface area (Å²) in [6.07, 6.45) is 5.08. The van der Waals surface area contributed by atoms with Crippen LogP contribution in [0.2, 0.25) is 0 Å². The molecule has 1 atom stereocenters. The Balaban J connectivity index is 2.06. The molecule has 1 fully saturated rings. The van der Waals surface area contributed by atoms with Gasteiger partial charge in [0.15, 0.2) is 0 Å². The van der Waals surface area contributed by atoms with Gasteiger partial charge in [0.25, 0.3) is 0 Å². The molecular weight excluding hydrogens is 98.1 g/mol. The zero-order valence-corrected chi connectivity index (χ0v) is 5.32. The second kappa shape index (κ2) is 3.08. The molecule has 0 aliphatic carbocycles. The molecule has 0 spiro atoms. The Bertz CT molecular complexity index is 55.4. The third-order valence-electron chi connectivity index (χ3n) is 1.71. The Morgan fingerprint density at radius 2 is 2.50 bits per heavy atom. The van der Waals surface area contributed by atoms with Gasteiger partial charge in [-0.25, -0.2) is 0 Å². The van der Waals surface area contributed by atoms with Gasteiger partial charge in [-0.15, -0.1) is 0 Å². The summed E-state index contributed by atoms with van der Waals surface area (Å²) < 4.78 is 0. The zero-order valence-electron chi connectivity index (χ0n) is 5.32. The van der Waals surface area contributed by atoms with E-state index in [9.17, 15) is 0 Å². The van der Waals surface area contributed by atoms with Gasteiger partial charge in [-0.05, 0) is 25.8 Å². The molecule has 0 amide bonds. The zero-order chi connectivity index (χ0) is 5.82. The molecule has 8 heavy (non-hydrogen) atoms.